The van der Waals surface area contributed by atoms with Crippen molar-refractivity contribution in [2.75, 3.05) is 0 Å². The minimum Gasteiger partial charge on any atom is -0.511 e. The first-order valence-corrected chi connectivity index (χ1v) is 21.3. The molecule has 3 fully saturated rings. The summed E-state index contributed by atoms with van der Waals surface area (Å²) in [6.07, 6.45) is 7.61. The van der Waals surface area contributed by atoms with Gasteiger partial charge < -0.3 is 45.1 Å². The van der Waals surface area contributed by atoms with Gasteiger partial charge in [0.25, 0.3) is 5.91 Å². The number of amides is 1. The Bertz CT molecular complexity index is 2030. The molecule has 59 heavy (non-hydrogen) atoms. The maximum atomic E-state index is 14.9. The van der Waals surface area contributed by atoms with Crippen molar-refractivity contribution in [2.45, 2.75) is 129 Å². The van der Waals surface area contributed by atoms with Gasteiger partial charge in [-0.2, -0.15) is 0 Å². The second-order valence-electron chi connectivity index (χ2n) is 18.0. The molecule has 1 saturated carbocycles. The first-order valence-electron chi connectivity index (χ1n) is 20.9. The Morgan fingerprint density at radius 3 is 2.44 bits per heavy atom. The summed E-state index contributed by atoms with van der Waals surface area (Å²) < 4.78 is 19.2. The number of allylic oxidation sites excluding steroid dienone is 4. The Kier molecular flexibility index (Phi) is 11.9. The number of ketones is 1. The molecular weight excluding hydrogens is 778 g/mol. The summed E-state index contributed by atoms with van der Waals surface area (Å²) in [7, 11) is 0. The number of aliphatic hydroxyl groups is 4. The Labute approximate surface area is 350 Å². The van der Waals surface area contributed by atoms with E-state index < -0.39 is 95.2 Å². The van der Waals surface area contributed by atoms with E-state index in [-0.39, 0.29) is 53.7 Å². The third kappa shape index (κ3) is 7.31. The number of hydrogen-bond donors (Lipinski definition) is 6. The predicted molar refractivity (Wildman–Crippen MR) is 219 cm³/mol. The largest absolute Gasteiger partial charge is 0.511 e. The number of phenolic OH excluding ortho intramolecular Hbond substituents is 1. The average molecular weight is 836 g/mol. The average Bonchev–Trinajstić information content (AvgIpc) is 3.41. The lowest BCUT2D eigenvalue weighted by Crippen LogP contribution is -2.56. The zero-order valence-electron chi connectivity index (χ0n) is 34.7. The highest BCUT2D eigenvalue weighted by Gasteiger charge is 2.63. The van der Waals surface area contributed by atoms with Crippen molar-refractivity contribution in [3.05, 3.63) is 87.2 Å². The van der Waals surface area contributed by atoms with Crippen LogP contribution in [-0.4, -0.2) is 91.6 Å². The molecule has 15 atom stereocenters. The van der Waals surface area contributed by atoms with Crippen LogP contribution in [0.3, 0.4) is 0 Å². The van der Waals surface area contributed by atoms with E-state index in [0.717, 1.165) is 11.1 Å². The lowest BCUT2D eigenvalue weighted by atomic mass is 9.49. The second-order valence-corrected chi connectivity index (χ2v) is 18.4. The third-order valence-corrected chi connectivity index (χ3v) is 14.6. The number of carbonyl (C=O) groups is 3. The fourth-order valence-corrected chi connectivity index (χ4v) is 11.3. The van der Waals surface area contributed by atoms with Crippen molar-refractivity contribution in [3.8, 4) is 5.75 Å². The van der Waals surface area contributed by atoms with E-state index in [1.54, 1.807) is 13.8 Å². The molecule has 1 aromatic carbocycles. The molecule has 2 aliphatic heterocycles. The zero-order valence-corrected chi connectivity index (χ0v) is 35.5. The van der Waals surface area contributed by atoms with Crippen molar-refractivity contribution >= 4 is 29.3 Å². The van der Waals surface area contributed by atoms with Crippen LogP contribution in [0.5, 0.6) is 5.75 Å². The summed E-state index contributed by atoms with van der Waals surface area (Å²) in [4.78, 5) is 42.3. The van der Waals surface area contributed by atoms with Gasteiger partial charge in [0, 0.05) is 41.0 Å². The highest BCUT2D eigenvalue weighted by Crippen LogP contribution is 2.60. The number of halogens is 1. The lowest BCUT2D eigenvalue weighted by Gasteiger charge is -2.56. The highest BCUT2D eigenvalue weighted by atomic mass is 35.5. The number of Topliss-reactive ketones (excluding diaryl/α,β-unsaturated/α-hetero) is 1. The van der Waals surface area contributed by atoms with Crippen LogP contribution in [-0.2, 0) is 23.8 Å². The monoisotopic (exact) mass is 835 g/mol. The summed E-state index contributed by atoms with van der Waals surface area (Å²) in [6, 6.07) is 2.00. The molecule has 320 valence electrons. The number of aliphatic hydroxyl groups excluding tert-OH is 4. The zero-order chi connectivity index (χ0) is 42.9. The molecule has 13 heteroatoms. The molecule has 1 aromatic rings. The van der Waals surface area contributed by atoms with Gasteiger partial charge in [0.1, 0.15) is 17.1 Å². The van der Waals surface area contributed by atoms with Gasteiger partial charge in [0.15, 0.2) is 11.9 Å². The lowest BCUT2D eigenvalue weighted by molar-refractivity contribution is -0.231. The highest BCUT2D eigenvalue weighted by molar-refractivity contribution is 6.32. The Balaban J connectivity index is 1.26. The van der Waals surface area contributed by atoms with Gasteiger partial charge in [0.05, 0.1) is 42.1 Å². The number of benzene rings is 1. The summed E-state index contributed by atoms with van der Waals surface area (Å²) in [5.41, 5.74) is -1.20. The summed E-state index contributed by atoms with van der Waals surface area (Å²) in [5.74, 6) is -5.18. The van der Waals surface area contributed by atoms with Crippen molar-refractivity contribution in [1.82, 2.24) is 5.32 Å². The van der Waals surface area contributed by atoms with E-state index in [0.29, 0.717) is 23.4 Å². The Hall–Kier alpha value is -3.78. The number of phenols is 1. The van der Waals surface area contributed by atoms with E-state index in [9.17, 15) is 39.9 Å². The molecule has 1 unspecified atom stereocenters. The van der Waals surface area contributed by atoms with Crippen LogP contribution >= 0.6 is 11.6 Å². The van der Waals surface area contributed by atoms with Gasteiger partial charge in [0.2, 0.25) is 5.78 Å². The molecule has 0 radical (unpaired) electrons. The van der Waals surface area contributed by atoms with Crippen LogP contribution in [0.25, 0.3) is 0 Å². The van der Waals surface area contributed by atoms with E-state index in [4.69, 9.17) is 25.8 Å². The van der Waals surface area contributed by atoms with E-state index in [2.05, 4.69) is 5.32 Å². The minimum absolute atomic E-state index is 0.00385. The first-order chi connectivity index (χ1) is 27.8. The fraction of sp³-hybridized carbons (Fsp3) is 0.587. The van der Waals surface area contributed by atoms with Crippen molar-refractivity contribution < 1.29 is 54.1 Å². The number of nitrogens with one attached hydrogen (secondary N) is 1. The van der Waals surface area contributed by atoms with Gasteiger partial charge in [-0.25, -0.2) is 4.79 Å². The maximum absolute atomic E-state index is 14.9. The molecule has 6 aliphatic rings. The topological polar surface area (TPSA) is 192 Å². The van der Waals surface area contributed by atoms with Gasteiger partial charge in [-0.05, 0) is 81.1 Å². The van der Waals surface area contributed by atoms with Crippen molar-refractivity contribution in [3.63, 3.8) is 0 Å². The van der Waals surface area contributed by atoms with Gasteiger partial charge in [-0.3, -0.25) is 9.59 Å². The van der Waals surface area contributed by atoms with Gasteiger partial charge in [-0.1, -0.05) is 81.3 Å². The van der Waals surface area contributed by atoms with Crippen molar-refractivity contribution in [1.29, 1.82) is 0 Å². The molecule has 4 aliphatic carbocycles. The molecule has 2 bridgehead atoms. The van der Waals surface area contributed by atoms with E-state index >= 15 is 0 Å². The number of rotatable bonds is 5. The number of esters is 1. The second kappa shape index (κ2) is 16.2. The normalized spacial score (nSPS) is 43.6. The van der Waals surface area contributed by atoms with Gasteiger partial charge >= 0.3 is 5.97 Å². The van der Waals surface area contributed by atoms with Crippen molar-refractivity contribution in [2.24, 2.45) is 40.9 Å². The van der Waals surface area contributed by atoms with Crippen LogP contribution < -0.4 is 5.32 Å². The Morgan fingerprint density at radius 1 is 1.02 bits per heavy atom. The Morgan fingerprint density at radius 2 is 1.75 bits per heavy atom. The maximum Gasteiger partial charge on any atom is 0.346 e. The number of hydrogen-bond acceptors (Lipinski definition) is 11. The standard InChI is InChI=1S/C46H58ClNO11/c1-8-26-18-28-38(23(4)17-33(51)40(28)52)45(7)29(26)10-9-11-34(22(3)16-27-13-12-21(2)20-46(27)42(54)37(41(45)53)44(56)59-46)58-35-19-32(50)39(25(6)57-35)48-43(55)36-24(5)30(47)14-15-31(36)49/h9-10,12-16,18,21,23,25,27-29,32-35,38-40,49-53H,8,11,17,19-20H2,1-7H3,(H,48,55)/b10-9-,22-16+,41-37-/t21-,23+,25-,27+,28+,29?,32+,33+,34-,35+,38-,39-,40-,45-,46-/m1/s1. The molecule has 0 aromatic heterocycles. The van der Waals surface area contributed by atoms with Crippen LogP contribution in [0.4, 0.5) is 0 Å². The molecule has 2 saturated heterocycles. The van der Waals surface area contributed by atoms with Crippen LogP contribution in [0.1, 0.15) is 89.6 Å². The van der Waals surface area contributed by atoms with Crippen LogP contribution in [0, 0.1) is 47.8 Å². The SMILES string of the molecule is CCC1=C[C@@H]2[C@@H](O)[C@@H](O)C[C@H](C)[C@H]2[C@]2(C)/C(O)=C3/C(=O)O[C@@]4(C[C@H](C)C=C[C@H]4/C=C(\C)[C@H](O[C@H]4C[C@H](O)[C@H](NC(=O)c5c(O)ccc(Cl)c5C)[C@@H](C)O4)C/C=C\C12)C3=O. The number of carbonyl (C=O) groups excluding carboxylic acids is 3. The molecule has 1 spiro atoms. The van der Waals surface area contributed by atoms with Gasteiger partial charge in [-0.15, -0.1) is 0 Å². The third-order valence-electron chi connectivity index (χ3n) is 14.2. The quantitative estimate of drug-likeness (QED) is 0.114. The molecular formula is C46H58ClNO11. The molecule has 12 nitrogen and oxygen atoms in total. The number of fused-ring (bicyclic) bond motifs is 4. The van der Waals surface area contributed by atoms with E-state index in [1.165, 1.54) is 12.1 Å². The molecule has 7 rings (SSSR count). The summed E-state index contributed by atoms with van der Waals surface area (Å²) >= 11 is 6.23. The smallest absolute Gasteiger partial charge is 0.346 e. The number of aromatic hydroxyl groups is 1. The molecule has 1 amide bonds. The first kappa shape index (κ1) is 43.3. The van der Waals surface area contributed by atoms with Crippen LogP contribution in [0.15, 0.2) is 71.1 Å². The minimum atomic E-state index is -1.62. The number of ether oxygens (including phenoxy) is 3. The summed E-state index contributed by atoms with van der Waals surface area (Å²) in [5, 5.41) is 59.8. The van der Waals surface area contributed by atoms with Crippen LogP contribution in [0.2, 0.25) is 5.02 Å². The summed E-state index contributed by atoms with van der Waals surface area (Å²) in [6.45, 7) is 13.0. The molecule has 6 N–H and O–H groups in total. The van der Waals surface area contributed by atoms with E-state index in [1.807, 2.05) is 71.1 Å². The fourth-order valence-electron chi connectivity index (χ4n) is 11.1. The predicted octanol–water partition coefficient (Wildman–Crippen LogP) is 6.10. The molecule has 2 heterocycles.